The normalized spacial score (nSPS) is 10.9. The molecule has 0 aromatic heterocycles. The number of carbonyl (C=O) groups is 2. The lowest BCUT2D eigenvalue weighted by Crippen LogP contribution is -2.39. The maximum Gasteiger partial charge on any atom is 0.416 e. The number of nitrogens with zero attached hydrogens (tertiary/aromatic N) is 1. The van der Waals surface area contributed by atoms with Gasteiger partial charge in [-0.15, -0.1) is 0 Å². The fraction of sp³-hybridized carbons (Fsp3) is 0.333. The van der Waals surface area contributed by atoms with Crippen LogP contribution in [0, 0.1) is 0 Å². The lowest BCUT2D eigenvalue weighted by atomic mass is 10.2. The lowest BCUT2D eigenvalue weighted by molar-refractivity contribution is -0.137. The molecule has 0 saturated carbocycles. The first-order valence-electron chi connectivity index (χ1n) is 9.35. The van der Waals surface area contributed by atoms with Crippen LogP contribution in [0.2, 0.25) is 0 Å². The molecule has 0 heterocycles. The summed E-state index contributed by atoms with van der Waals surface area (Å²) in [7, 11) is 1.67. The molecule has 0 atom stereocenters. The third kappa shape index (κ3) is 8.02. The molecule has 0 fully saturated rings. The number of carbonyl (C=O) groups excluding carboxylic acids is 2. The van der Waals surface area contributed by atoms with Crippen molar-refractivity contribution in [2.45, 2.75) is 19.1 Å². The minimum Gasteiger partial charge on any atom is -0.492 e. The van der Waals surface area contributed by atoms with Gasteiger partial charge in [-0.3, -0.25) is 4.79 Å². The van der Waals surface area contributed by atoms with Crippen LogP contribution in [-0.2, 0) is 17.5 Å². The summed E-state index contributed by atoms with van der Waals surface area (Å²) in [4.78, 5) is 25.3. The number of amides is 3. The zero-order valence-corrected chi connectivity index (χ0v) is 16.5. The van der Waals surface area contributed by atoms with Gasteiger partial charge in [0, 0.05) is 26.6 Å². The Morgan fingerprint density at radius 2 is 1.63 bits per heavy atom. The zero-order chi connectivity index (χ0) is 22.0. The molecule has 0 spiro atoms. The molecule has 3 amide bonds. The van der Waals surface area contributed by atoms with Gasteiger partial charge in [0.25, 0.3) is 0 Å². The Hall–Kier alpha value is -3.23. The number of urea groups is 1. The van der Waals surface area contributed by atoms with E-state index < -0.39 is 11.7 Å². The van der Waals surface area contributed by atoms with Gasteiger partial charge in [0.1, 0.15) is 12.4 Å². The quantitative estimate of drug-likeness (QED) is 0.607. The molecule has 2 aromatic carbocycles. The van der Waals surface area contributed by atoms with Gasteiger partial charge in [0.2, 0.25) is 5.91 Å². The van der Waals surface area contributed by atoms with Crippen molar-refractivity contribution in [3.63, 3.8) is 0 Å². The number of ether oxygens (including phenoxy) is 1. The molecule has 9 heteroatoms. The van der Waals surface area contributed by atoms with E-state index in [1.807, 2.05) is 30.3 Å². The number of hydrogen-bond donors (Lipinski definition) is 2. The number of hydrogen-bond acceptors (Lipinski definition) is 3. The van der Waals surface area contributed by atoms with E-state index in [-0.39, 0.29) is 43.8 Å². The van der Waals surface area contributed by atoms with Crippen molar-refractivity contribution in [1.29, 1.82) is 0 Å². The van der Waals surface area contributed by atoms with Crippen LogP contribution in [0.15, 0.2) is 54.6 Å². The molecule has 0 aliphatic heterocycles. The molecule has 0 saturated heterocycles. The summed E-state index contributed by atoms with van der Waals surface area (Å²) in [5.41, 5.74) is 0.251. The molecule has 2 rings (SSSR count). The van der Waals surface area contributed by atoms with Gasteiger partial charge in [-0.1, -0.05) is 30.3 Å². The van der Waals surface area contributed by atoms with Crippen molar-refractivity contribution in [1.82, 2.24) is 15.5 Å². The Kier molecular flexibility index (Phi) is 8.52. The Balaban J connectivity index is 1.58. The fourth-order valence-electron chi connectivity index (χ4n) is 2.53. The van der Waals surface area contributed by atoms with E-state index in [1.165, 1.54) is 17.0 Å². The molecule has 0 aliphatic carbocycles. The summed E-state index contributed by atoms with van der Waals surface area (Å²) in [5, 5.41) is 5.29. The van der Waals surface area contributed by atoms with Gasteiger partial charge in [0.15, 0.2) is 0 Å². The molecule has 0 unspecified atom stereocenters. The van der Waals surface area contributed by atoms with Crippen LogP contribution >= 0.6 is 0 Å². The standard InChI is InChI=1S/C21H24F3N3O3/c1-27(15-16-5-3-2-4-6-16)20(29)26-12-11-19(28)25-13-14-30-18-9-7-17(8-10-18)21(22,23)24/h2-10H,11-15H2,1H3,(H,25,28)(H,26,29). The van der Waals surface area contributed by atoms with E-state index in [1.54, 1.807) is 7.05 Å². The van der Waals surface area contributed by atoms with Gasteiger partial charge in [0.05, 0.1) is 12.1 Å². The van der Waals surface area contributed by atoms with E-state index in [2.05, 4.69) is 10.6 Å². The molecule has 6 nitrogen and oxygen atoms in total. The molecule has 2 aromatic rings. The van der Waals surface area contributed by atoms with Crippen LogP contribution in [0.3, 0.4) is 0 Å². The summed E-state index contributed by atoms with van der Waals surface area (Å²) >= 11 is 0. The number of rotatable bonds is 9. The van der Waals surface area contributed by atoms with Crippen molar-refractivity contribution in [3.05, 3.63) is 65.7 Å². The third-order valence-electron chi connectivity index (χ3n) is 4.11. The van der Waals surface area contributed by atoms with E-state index >= 15 is 0 Å². The van der Waals surface area contributed by atoms with Gasteiger partial charge in [-0.05, 0) is 29.8 Å². The van der Waals surface area contributed by atoms with Crippen LogP contribution in [0.25, 0.3) is 0 Å². The molecular formula is C21H24F3N3O3. The van der Waals surface area contributed by atoms with Crippen molar-refractivity contribution >= 4 is 11.9 Å². The highest BCUT2D eigenvalue weighted by molar-refractivity contribution is 5.78. The Labute approximate surface area is 173 Å². The molecule has 0 bridgehead atoms. The van der Waals surface area contributed by atoms with Crippen molar-refractivity contribution in [3.8, 4) is 5.75 Å². The monoisotopic (exact) mass is 423 g/mol. The molecular weight excluding hydrogens is 399 g/mol. The minimum absolute atomic E-state index is 0.102. The van der Waals surface area contributed by atoms with Crippen molar-refractivity contribution < 1.29 is 27.5 Å². The summed E-state index contributed by atoms with van der Waals surface area (Å²) in [5.74, 6) is 0.0167. The predicted molar refractivity (Wildman–Crippen MR) is 106 cm³/mol. The summed E-state index contributed by atoms with van der Waals surface area (Å²) in [6, 6.07) is 13.6. The van der Waals surface area contributed by atoms with Crippen LogP contribution in [0.1, 0.15) is 17.5 Å². The van der Waals surface area contributed by atoms with Gasteiger partial charge >= 0.3 is 12.2 Å². The third-order valence-corrected chi connectivity index (χ3v) is 4.11. The summed E-state index contributed by atoms with van der Waals surface area (Å²) in [6.07, 6.45) is -4.29. The first kappa shape index (κ1) is 23.1. The second-order valence-corrected chi connectivity index (χ2v) is 6.54. The second-order valence-electron chi connectivity index (χ2n) is 6.54. The Morgan fingerprint density at radius 1 is 0.967 bits per heavy atom. The highest BCUT2D eigenvalue weighted by atomic mass is 19.4. The fourth-order valence-corrected chi connectivity index (χ4v) is 2.53. The lowest BCUT2D eigenvalue weighted by Gasteiger charge is -2.18. The number of nitrogens with one attached hydrogen (secondary N) is 2. The smallest absolute Gasteiger partial charge is 0.416 e. The van der Waals surface area contributed by atoms with Crippen molar-refractivity contribution in [2.24, 2.45) is 0 Å². The molecule has 30 heavy (non-hydrogen) atoms. The van der Waals surface area contributed by atoms with E-state index in [0.29, 0.717) is 6.54 Å². The first-order valence-corrected chi connectivity index (χ1v) is 9.35. The van der Waals surface area contributed by atoms with E-state index in [9.17, 15) is 22.8 Å². The van der Waals surface area contributed by atoms with Crippen LogP contribution in [0.4, 0.5) is 18.0 Å². The van der Waals surface area contributed by atoms with Crippen LogP contribution in [0.5, 0.6) is 5.75 Å². The van der Waals surface area contributed by atoms with Gasteiger partial charge < -0.3 is 20.3 Å². The summed E-state index contributed by atoms with van der Waals surface area (Å²) < 4.78 is 42.8. The second kappa shape index (κ2) is 11.1. The first-order chi connectivity index (χ1) is 14.3. The molecule has 2 N–H and O–H groups in total. The van der Waals surface area contributed by atoms with Gasteiger partial charge in [-0.25, -0.2) is 4.79 Å². The summed E-state index contributed by atoms with van der Waals surface area (Å²) in [6.45, 7) is 0.953. The predicted octanol–water partition coefficient (Wildman–Crippen LogP) is 3.43. The topological polar surface area (TPSA) is 70.7 Å². The molecule has 0 aliphatic rings. The van der Waals surface area contributed by atoms with E-state index in [0.717, 1.165) is 17.7 Å². The average molecular weight is 423 g/mol. The highest BCUT2D eigenvalue weighted by Crippen LogP contribution is 2.30. The average Bonchev–Trinajstić information content (AvgIpc) is 2.71. The SMILES string of the molecule is CN(Cc1ccccc1)C(=O)NCCC(=O)NCCOc1ccc(C(F)(F)F)cc1. The molecule has 162 valence electrons. The minimum atomic E-state index is -4.39. The number of alkyl halides is 3. The zero-order valence-electron chi connectivity index (χ0n) is 16.5. The van der Waals surface area contributed by atoms with Crippen molar-refractivity contribution in [2.75, 3.05) is 26.7 Å². The van der Waals surface area contributed by atoms with E-state index in [4.69, 9.17) is 4.74 Å². The maximum atomic E-state index is 12.5. The van der Waals surface area contributed by atoms with Crippen LogP contribution < -0.4 is 15.4 Å². The number of halogens is 3. The number of benzene rings is 2. The maximum absolute atomic E-state index is 12.5. The van der Waals surface area contributed by atoms with Gasteiger partial charge in [-0.2, -0.15) is 13.2 Å². The highest BCUT2D eigenvalue weighted by Gasteiger charge is 2.29. The van der Waals surface area contributed by atoms with Crippen LogP contribution in [-0.4, -0.2) is 43.6 Å². The Bertz CT molecular complexity index is 812. The largest absolute Gasteiger partial charge is 0.492 e. The molecule has 0 radical (unpaired) electrons. The Morgan fingerprint density at radius 3 is 2.27 bits per heavy atom.